The lowest BCUT2D eigenvalue weighted by atomic mass is 10.1. The molecule has 0 unspecified atom stereocenters. The minimum Gasteiger partial charge on any atom is -0.475 e. The monoisotopic (exact) mass is 255 g/mol. The van der Waals surface area contributed by atoms with Gasteiger partial charge in [-0.3, -0.25) is 0 Å². The fourth-order valence-corrected chi connectivity index (χ4v) is 1.32. The number of carboxylic acids is 1. The highest BCUT2D eigenvalue weighted by atomic mass is 19.3. The van der Waals surface area contributed by atoms with Crippen molar-refractivity contribution in [2.45, 2.75) is 6.61 Å². The van der Waals surface area contributed by atoms with Crippen molar-refractivity contribution in [3.63, 3.8) is 0 Å². The lowest BCUT2D eigenvalue weighted by Gasteiger charge is -2.03. The van der Waals surface area contributed by atoms with Gasteiger partial charge in [0.15, 0.2) is 0 Å². The molecule has 0 aliphatic carbocycles. The number of nitrogens with zero attached hydrogens (tertiary/aromatic N) is 1. The fourth-order valence-electron chi connectivity index (χ4n) is 1.32. The van der Waals surface area contributed by atoms with Gasteiger partial charge in [0.2, 0.25) is 5.76 Å². The van der Waals surface area contributed by atoms with Gasteiger partial charge in [0.05, 0.1) is 0 Å². The van der Waals surface area contributed by atoms with Crippen molar-refractivity contribution >= 4 is 5.97 Å². The van der Waals surface area contributed by atoms with E-state index in [0.29, 0.717) is 11.3 Å². The number of aromatic nitrogens is 1. The van der Waals surface area contributed by atoms with E-state index in [-0.39, 0.29) is 11.5 Å². The second kappa shape index (κ2) is 4.82. The van der Waals surface area contributed by atoms with Crippen LogP contribution in [-0.4, -0.2) is 22.8 Å². The van der Waals surface area contributed by atoms with Gasteiger partial charge < -0.3 is 14.4 Å². The summed E-state index contributed by atoms with van der Waals surface area (Å²) in [6.45, 7) is -2.89. The molecule has 1 aromatic carbocycles. The van der Waals surface area contributed by atoms with Crippen LogP contribution in [0.15, 0.2) is 34.9 Å². The summed E-state index contributed by atoms with van der Waals surface area (Å²) < 4.78 is 32.6. The Hall–Kier alpha value is -2.44. The third-order valence-electron chi connectivity index (χ3n) is 2.10. The SMILES string of the molecule is O=C(O)c1cc(-c2ccc(OC(F)F)cc2)no1. The van der Waals surface area contributed by atoms with Crippen LogP contribution in [0.25, 0.3) is 11.3 Å². The number of carbonyl (C=O) groups is 1. The number of hydrogen-bond acceptors (Lipinski definition) is 4. The van der Waals surface area contributed by atoms with E-state index in [9.17, 15) is 13.6 Å². The molecule has 0 fully saturated rings. The van der Waals surface area contributed by atoms with Crippen LogP contribution in [0.4, 0.5) is 8.78 Å². The Bertz CT molecular complexity index is 550. The molecular formula is C11H7F2NO4. The maximum absolute atomic E-state index is 11.9. The summed E-state index contributed by atoms with van der Waals surface area (Å²) >= 11 is 0. The number of aromatic carboxylic acids is 1. The van der Waals surface area contributed by atoms with Crippen LogP contribution in [0.3, 0.4) is 0 Å². The second-order valence-corrected chi connectivity index (χ2v) is 3.28. The Morgan fingerprint density at radius 2 is 2.00 bits per heavy atom. The molecule has 0 atom stereocenters. The molecule has 18 heavy (non-hydrogen) atoms. The molecule has 1 N–H and O–H groups in total. The van der Waals surface area contributed by atoms with Gasteiger partial charge in [-0.05, 0) is 24.3 Å². The lowest BCUT2D eigenvalue weighted by molar-refractivity contribution is -0.0498. The van der Waals surface area contributed by atoms with Gasteiger partial charge in [0.25, 0.3) is 0 Å². The molecule has 0 spiro atoms. The van der Waals surface area contributed by atoms with Gasteiger partial charge in [-0.25, -0.2) is 4.79 Å². The third kappa shape index (κ3) is 2.62. The molecule has 1 aromatic heterocycles. The number of rotatable bonds is 4. The average molecular weight is 255 g/mol. The number of alkyl halides is 2. The molecule has 0 saturated heterocycles. The van der Waals surface area contributed by atoms with Crippen molar-refractivity contribution in [3.8, 4) is 17.0 Å². The predicted molar refractivity (Wildman–Crippen MR) is 55.5 cm³/mol. The standard InChI is InChI=1S/C11H7F2NO4/c12-11(13)17-7-3-1-6(2-4-7)8-5-9(10(15)16)18-14-8/h1-5,11H,(H,15,16). The summed E-state index contributed by atoms with van der Waals surface area (Å²) in [4.78, 5) is 10.6. The summed E-state index contributed by atoms with van der Waals surface area (Å²) in [6.07, 6.45) is 0. The molecule has 0 aliphatic rings. The number of benzene rings is 1. The van der Waals surface area contributed by atoms with Crippen LogP contribution in [0.2, 0.25) is 0 Å². The highest BCUT2D eigenvalue weighted by Crippen LogP contribution is 2.23. The molecule has 2 aromatic rings. The first-order valence-electron chi connectivity index (χ1n) is 4.81. The summed E-state index contributed by atoms with van der Waals surface area (Å²) in [5.41, 5.74) is 0.837. The lowest BCUT2D eigenvalue weighted by Crippen LogP contribution is -2.01. The van der Waals surface area contributed by atoms with E-state index in [1.54, 1.807) is 0 Å². The Kier molecular flexibility index (Phi) is 3.22. The Balaban J connectivity index is 2.20. The highest BCUT2D eigenvalue weighted by molar-refractivity contribution is 5.85. The van der Waals surface area contributed by atoms with Gasteiger partial charge in [-0.1, -0.05) is 5.16 Å². The minimum absolute atomic E-state index is 0.00991. The molecule has 1 heterocycles. The maximum Gasteiger partial charge on any atom is 0.387 e. The van der Waals surface area contributed by atoms with Crippen molar-refractivity contribution in [2.75, 3.05) is 0 Å². The molecule has 0 amide bonds. The normalized spacial score (nSPS) is 10.6. The Labute approximate surface area is 99.6 Å². The first kappa shape index (κ1) is 12.0. The minimum atomic E-state index is -2.89. The van der Waals surface area contributed by atoms with E-state index in [0.717, 1.165) is 0 Å². The summed E-state index contributed by atoms with van der Waals surface area (Å²) in [7, 11) is 0. The van der Waals surface area contributed by atoms with Gasteiger partial charge in [-0.2, -0.15) is 8.78 Å². The van der Waals surface area contributed by atoms with Crippen molar-refractivity contribution in [3.05, 3.63) is 36.1 Å². The van der Waals surface area contributed by atoms with E-state index < -0.39 is 12.6 Å². The second-order valence-electron chi connectivity index (χ2n) is 3.28. The van der Waals surface area contributed by atoms with Crippen LogP contribution in [0, 0.1) is 0 Å². The number of halogens is 2. The molecule has 2 rings (SSSR count). The van der Waals surface area contributed by atoms with Crippen LogP contribution >= 0.6 is 0 Å². The molecule has 0 saturated carbocycles. The van der Waals surface area contributed by atoms with Crippen LogP contribution < -0.4 is 4.74 Å². The number of carboxylic acid groups (broad SMARTS) is 1. The Morgan fingerprint density at radius 3 is 2.50 bits per heavy atom. The van der Waals surface area contributed by atoms with E-state index in [1.807, 2.05) is 0 Å². The topological polar surface area (TPSA) is 72.6 Å². The zero-order chi connectivity index (χ0) is 13.1. The molecule has 5 nitrogen and oxygen atoms in total. The quantitative estimate of drug-likeness (QED) is 0.909. The van der Waals surface area contributed by atoms with E-state index in [4.69, 9.17) is 5.11 Å². The van der Waals surface area contributed by atoms with Crippen molar-refractivity contribution in [2.24, 2.45) is 0 Å². The molecule has 0 radical (unpaired) electrons. The molecular weight excluding hydrogens is 248 g/mol. The summed E-state index contributed by atoms with van der Waals surface area (Å²) in [5, 5.41) is 12.2. The zero-order valence-electron chi connectivity index (χ0n) is 8.84. The van der Waals surface area contributed by atoms with Crippen LogP contribution in [0.5, 0.6) is 5.75 Å². The summed E-state index contributed by atoms with van der Waals surface area (Å²) in [6, 6.07) is 6.85. The molecule has 94 valence electrons. The first-order chi connectivity index (χ1) is 8.56. The number of hydrogen-bond donors (Lipinski definition) is 1. The maximum atomic E-state index is 11.9. The smallest absolute Gasteiger partial charge is 0.387 e. The van der Waals surface area contributed by atoms with E-state index in [2.05, 4.69) is 14.4 Å². The first-order valence-corrected chi connectivity index (χ1v) is 4.81. The number of ether oxygens (including phenoxy) is 1. The molecule has 0 bridgehead atoms. The van der Waals surface area contributed by atoms with Crippen LogP contribution in [-0.2, 0) is 0 Å². The van der Waals surface area contributed by atoms with Gasteiger partial charge in [-0.15, -0.1) is 0 Å². The largest absolute Gasteiger partial charge is 0.475 e. The predicted octanol–water partition coefficient (Wildman–Crippen LogP) is 2.64. The Morgan fingerprint density at radius 1 is 1.33 bits per heavy atom. The van der Waals surface area contributed by atoms with Gasteiger partial charge in [0, 0.05) is 11.6 Å². The van der Waals surface area contributed by atoms with E-state index in [1.165, 1.54) is 30.3 Å². The molecule has 0 aliphatic heterocycles. The third-order valence-corrected chi connectivity index (χ3v) is 2.10. The van der Waals surface area contributed by atoms with Gasteiger partial charge >= 0.3 is 12.6 Å². The van der Waals surface area contributed by atoms with E-state index >= 15 is 0 Å². The average Bonchev–Trinajstić information content (AvgIpc) is 2.78. The van der Waals surface area contributed by atoms with Crippen molar-refractivity contribution in [1.29, 1.82) is 0 Å². The summed E-state index contributed by atoms with van der Waals surface area (Å²) in [5.74, 6) is -1.51. The molecule has 7 heteroatoms. The van der Waals surface area contributed by atoms with Crippen molar-refractivity contribution in [1.82, 2.24) is 5.16 Å². The van der Waals surface area contributed by atoms with Crippen molar-refractivity contribution < 1.29 is 27.9 Å². The zero-order valence-corrected chi connectivity index (χ0v) is 8.84. The van der Waals surface area contributed by atoms with Gasteiger partial charge in [0.1, 0.15) is 11.4 Å². The fraction of sp³-hybridized carbons (Fsp3) is 0.0909. The van der Waals surface area contributed by atoms with Crippen LogP contribution in [0.1, 0.15) is 10.6 Å². The highest BCUT2D eigenvalue weighted by Gasteiger charge is 2.12.